The summed E-state index contributed by atoms with van der Waals surface area (Å²) in [5, 5.41) is 13.9. The van der Waals surface area contributed by atoms with Gasteiger partial charge in [0.15, 0.2) is 5.65 Å². The smallest absolute Gasteiger partial charge is 0.182 e. The van der Waals surface area contributed by atoms with Crippen LogP contribution in [-0.4, -0.2) is 20.0 Å². The van der Waals surface area contributed by atoms with E-state index in [9.17, 15) is 0 Å². The molecule has 3 rings (SSSR count). The van der Waals surface area contributed by atoms with E-state index in [1.54, 1.807) is 4.52 Å². The van der Waals surface area contributed by atoms with Crippen LogP contribution in [0.15, 0.2) is 30.5 Å². The van der Waals surface area contributed by atoms with E-state index in [2.05, 4.69) is 27.7 Å². The monoisotopic (exact) mass is 184 g/mol. The first-order chi connectivity index (χ1) is 6.86. The van der Waals surface area contributed by atoms with E-state index < -0.39 is 0 Å². The molecule has 0 fully saturated rings. The summed E-state index contributed by atoms with van der Waals surface area (Å²) in [6.07, 6.45) is 1.94. The van der Waals surface area contributed by atoms with Gasteiger partial charge in [-0.05, 0) is 22.7 Å². The number of rotatable bonds is 0. The van der Waals surface area contributed by atoms with Gasteiger partial charge in [-0.3, -0.25) is 0 Å². The van der Waals surface area contributed by atoms with Crippen molar-refractivity contribution in [2.45, 2.75) is 6.92 Å². The van der Waals surface area contributed by atoms with E-state index in [-0.39, 0.29) is 0 Å². The lowest BCUT2D eigenvalue weighted by atomic mass is 10.1. The van der Waals surface area contributed by atoms with Crippen molar-refractivity contribution >= 4 is 16.4 Å². The van der Waals surface area contributed by atoms with Gasteiger partial charge in [0.2, 0.25) is 0 Å². The number of tetrazole rings is 1. The Morgan fingerprint density at radius 1 is 1.21 bits per heavy atom. The predicted octanol–water partition coefficient (Wildman–Crippen LogP) is 1.59. The zero-order valence-electron chi connectivity index (χ0n) is 7.68. The van der Waals surface area contributed by atoms with Gasteiger partial charge in [0.25, 0.3) is 0 Å². The molecule has 0 saturated heterocycles. The Balaban J connectivity index is 2.63. The molecule has 0 radical (unpaired) electrons. The third kappa shape index (κ3) is 0.849. The summed E-state index contributed by atoms with van der Waals surface area (Å²) >= 11 is 0. The maximum absolute atomic E-state index is 3.97. The van der Waals surface area contributed by atoms with Gasteiger partial charge in [-0.2, -0.15) is 4.52 Å². The van der Waals surface area contributed by atoms with E-state index >= 15 is 0 Å². The quantitative estimate of drug-likeness (QED) is 0.532. The number of hydrogen-bond donors (Lipinski definition) is 0. The normalized spacial score (nSPS) is 11.2. The van der Waals surface area contributed by atoms with Crippen LogP contribution in [0, 0.1) is 6.92 Å². The van der Waals surface area contributed by atoms with Crippen LogP contribution in [0.4, 0.5) is 0 Å². The van der Waals surface area contributed by atoms with Crippen LogP contribution < -0.4 is 0 Å². The Morgan fingerprint density at radius 3 is 3.00 bits per heavy atom. The van der Waals surface area contributed by atoms with Crippen LogP contribution in [0.3, 0.4) is 0 Å². The summed E-state index contributed by atoms with van der Waals surface area (Å²) in [5.74, 6) is 0. The van der Waals surface area contributed by atoms with Crippen molar-refractivity contribution in [2.75, 3.05) is 0 Å². The van der Waals surface area contributed by atoms with Crippen LogP contribution in [0.1, 0.15) is 5.56 Å². The van der Waals surface area contributed by atoms with Gasteiger partial charge >= 0.3 is 0 Å². The lowest BCUT2D eigenvalue weighted by Gasteiger charge is -2.01. The summed E-state index contributed by atoms with van der Waals surface area (Å²) in [7, 11) is 0. The van der Waals surface area contributed by atoms with E-state index in [4.69, 9.17) is 0 Å². The molecule has 2 heterocycles. The molecule has 0 N–H and O–H groups in total. The van der Waals surface area contributed by atoms with Crippen LogP contribution in [0.25, 0.3) is 16.4 Å². The van der Waals surface area contributed by atoms with Crippen molar-refractivity contribution in [2.24, 2.45) is 0 Å². The summed E-state index contributed by atoms with van der Waals surface area (Å²) < 4.78 is 1.71. The average molecular weight is 184 g/mol. The van der Waals surface area contributed by atoms with Gasteiger partial charge in [0.1, 0.15) is 0 Å². The van der Waals surface area contributed by atoms with E-state index in [0.717, 1.165) is 16.6 Å². The molecule has 14 heavy (non-hydrogen) atoms. The van der Waals surface area contributed by atoms with Gasteiger partial charge in [0, 0.05) is 17.1 Å². The van der Waals surface area contributed by atoms with Gasteiger partial charge < -0.3 is 0 Å². The fraction of sp³-hybridized carbons (Fsp3) is 0.100. The number of hydrogen-bond acceptors (Lipinski definition) is 3. The molecule has 0 amide bonds. The Labute approximate surface area is 80.2 Å². The minimum Gasteiger partial charge on any atom is -0.200 e. The minimum atomic E-state index is 0.823. The second-order valence-electron chi connectivity index (χ2n) is 3.29. The highest BCUT2D eigenvalue weighted by molar-refractivity contribution is 5.88. The number of fused-ring (bicyclic) bond motifs is 2. The highest BCUT2D eigenvalue weighted by Gasteiger charge is 2.05. The number of pyridine rings is 1. The fourth-order valence-corrected chi connectivity index (χ4v) is 1.73. The van der Waals surface area contributed by atoms with Crippen molar-refractivity contribution in [1.82, 2.24) is 20.0 Å². The Morgan fingerprint density at radius 2 is 2.07 bits per heavy atom. The topological polar surface area (TPSA) is 43.1 Å². The Hall–Kier alpha value is -1.97. The summed E-state index contributed by atoms with van der Waals surface area (Å²) in [4.78, 5) is 0. The van der Waals surface area contributed by atoms with Crippen LogP contribution in [-0.2, 0) is 0 Å². The molecule has 0 spiro atoms. The number of nitrogens with zero attached hydrogens (tertiary/aromatic N) is 4. The van der Waals surface area contributed by atoms with Gasteiger partial charge in [-0.15, -0.1) is 5.10 Å². The molecule has 1 aromatic carbocycles. The van der Waals surface area contributed by atoms with Crippen LogP contribution in [0.2, 0.25) is 0 Å². The zero-order valence-corrected chi connectivity index (χ0v) is 7.68. The van der Waals surface area contributed by atoms with E-state index in [1.807, 2.05) is 25.3 Å². The highest BCUT2D eigenvalue weighted by Crippen LogP contribution is 2.19. The molecule has 0 unspecified atom stereocenters. The second kappa shape index (κ2) is 2.51. The first-order valence-electron chi connectivity index (χ1n) is 4.42. The maximum atomic E-state index is 3.97. The number of benzene rings is 1. The van der Waals surface area contributed by atoms with Crippen molar-refractivity contribution < 1.29 is 0 Å². The third-order valence-corrected chi connectivity index (χ3v) is 2.45. The molecule has 0 aliphatic heterocycles. The molecule has 68 valence electrons. The van der Waals surface area contributed by atoms with Crippen molar-refractivity contribution in [3.63, 3.8) is 0 Å². The third-order valence-electron chi connectivity index (χ3n) is 2.45. The summed E-state index contributed by atoms with van der Waals surface area (Å²) in [6.45, 7) is 2.04. The molecular weight excluding hydrogens is 176 g/mol. The van der Waals surface area contributed by atoms with Gasteiger partial charge in [-0.25, -0.2) is 0 Å². The summed E-state index contributed by atoms with van der Waals surface area (Å²) in [6, 6.07) is 8.18. The summed E-state index contributed by atoms with van der Waals surface area (Å²) in [5.41, 5.74) is 1.94. The van der Waals surface area contributed by atoms with Crippen molar-refractivity contribution in [3.05, 3.63) is 36.0 Å². The molecule has 4 nitrogen and oxygen atoms in total. The largest absolute Gasteiger partial charge is 0.200 e. The highest BCUT2D eigenvalue weighted by atomic mass is 15.5. The first-order valence-corrected chi connectivity index (χ1v) is 4.42. The van der Waals surface area contributed by atoms with Crippen LogP contribution in [0.5, 0.6) is 0 Å². The molecular formula is C10H8N4. The zero-order chi connectivity index (χ0) is 9.54. The van der Waals surface area contributed by atoms with Gasteiger partial charge in [0.05, 0.1) is 0 Å². The number of aromatic nitrogens is 4. The molecule has 0 bridgehead atoms. The average Bonchev–Trinajstić information content (AvgIpc) is 2.66. The Kier molecular flexibility index (Phi) is 1.33. The number of aryl methyl sites for hydroxylation is 1. The Bertz CT molecular complexity index is 612. The molecule has 0 atom stereocenters. The molecule has 3 aromatic rings. The molecule has 0 aliphatic carbocycles. The second-order valence-corrected chi connectivity index (χ2v) is 3.29. The predicted molar refractivity (Wildman–Crippen MR) is 53.0 cm³/mol. The lowest BCUT2D eigenvalue weighted by molar-refractivity contribution is 0.826. The van der Waals surface area contributed by atoms with Crippen molar-refractivity contribution in [1.29, 1.82) is 0 Å². The molecule has 2 aromatic heterocycles. The van der Waals surface area contributed by atoms with E-state index in [0.29, 0.717) is 0 Å². The van der Waals surface area contributed by atoms with E-state index in [1.165, 1.54) is 5.39 Å². The molecule has 0 aliphatic rings. The first kappa shape index (κ1) is 7.44. The SMILES string of the molecule is Cc1c2ccccc2cn2nnnc12. The standard InChI is InChI=1S/C10H8N4/c1-7-9-5-3-2-4-8(9)6-14-10(7)11-12-13-14/h2-6H,1H3. The lowest BCUT2D eigenvalue weighted by Crippen LogP contribution is -1.91. The molecule has 4 heteroatoms. The van der Waals surface area contributed by atoms with Gasteiger partial charge in [-0.1, -0.05) is 24.3 Å². The molecule has 0 saturated carbocycles. The minimum absolute atomic E-state index is 0.823. The fourth-order valence-electron chi connectivity index (χ4n) is 1.73. The maximum Gasteiger partial charge on any atom is 0.182 e. The van der Waals surface area contributed by atoms with Crippen molar-refractivity contribution in [3.8, 4) is 0 Å². The van der Waals surface area contributed by atoms with Crippen LogP contribution >= 0.6 is 0 Å².